The largest absolute Gasteiger partial charge is 0.336 e. The van der Waals surface area contributed by atoms with Crippen molar-refractivity contribution in [2.45, 2.75) is 44.0 Å². The second-order valence-corrected chi connectivity index (χ2v) is 6.77. The molecule has 20 heavy (non-hydrogen) atoms. The first-order valence-electron chi connectivity index (χ1n) is 6.81. The minimum Gasteiger partial charge on any atom is -0.336 e. The maximum absolute atomic E-state index is 12.6. The zero-order valence-corrected chi connectivity index (χ0v) is 12.6. The second-order valence-electron chi connectivity index (χ2n) is 5.21. The summed E-state index contributed by atoms with van der Waals surface area (Å²) in [5, 5.41) is 5.15. The molecule has 0 radical (unpaired) electrons. The Morgan fingerprint density at radius 2 is 2.15 bits per heavy atom. The van der Waals surface area contributed by atoms with Gasteiger partial charge in [0.25, 0.3) is 5.91 Å². The smallest absolute Gasteiger partial charge is 0.254 e. The van der Waals surface area contributed by atoms with Gasteiger partial charge in [0.05, 0.1) is 4.90 Å². The molecule has 0 spiro atoms. The lowest BCUT2D eigenvalue weighted by Gasteiger charge is -2.23. The molecule has 1 fully saturated rings. The summed E-state index contributed by atoms with van der Waals surface area (Å²) in [6.45, 7) is 4.68. The topological polar surface area (TPSA) is 80.5 Å². The van der Waals surface area contributed by atoms with E-state index in [1.165, 1.54) is 12.1 Å². The van der Waals surface area contributed by atoms with Gasteiger partial charge in [0.1, 0.15) is 0 Å². The lowest BCUT2D eigenvalue weighted by Crippen LogP contribution is -2.34. The van der Waals surface area contributed by atoms with Crippen LogP contribution in [-0.4, -0.2) is 31.8 Å². The molecule has 1 amide bonds. The lowest BCUT2D eigenvalue weighted by molar-refractivity contribution is 0.0746. The number of likely N-dealkylation sites (tertiary alicyclic amines) is 1. The predicted molar refractivity (Wildman–Crippen MR) is 76.9 cm³/mol. The molecule has 0 aromatic heterocycles. The summed E-state index contributed by atoms with van der Waals surface area (Å²) in [6, 6.07) is 4.73. The van der Waals surface area contributed by atoms with Gasteiger partial charge < -0.3 is 4.90 Å². The summed E-state index contributed by atoms with van der Waals surface area (Å²) in [7, 11) is -3.79. The van der Waals surface area contributed by atoms with Gasteiger partial charge in [-0.05, 0) is 43.9 Å². The zero-order valence-electron chi connectivity index (χ0n) is 11.8. The van der Waals surface area contributed by atoms with Crippen LogP contribution < -0.4 is 5.14 Å². The fraction of sp³-hybridized carbons (Fsp3) is 0.500. The quantitative estimate of drug-likeness (QED) is 0.918. The van der Waals surface area contributed by atoms with Gasteiger partial charge in [-0.2, -0.15) is 0 Å². The molecule has 1 aliphatic heterocycles. The van der Waals surface area contributed by atoms with Crippen LogP contribution in [0.4, 0.5) is 0 Å². The van der Waals surface area contributed by atoms with Crippen LogP contribution in [0.1, 0.15) is 42.6 Å². The molecule has 1 aromatic carbocycles. The van der Waals surface area contributed by atoms with E-state index in [0.29, 0.717) is 12.0 Å². The third-order valence-corrected chi connectivity index (χ3v) is 4.75. The molecule has 5 nitrogen and oxygen atoms in total. The van der Waals surface area contributed by atoms with E-state index in [2.05, 4.69) is 0 Å². The third-order valence-electron chi connectivity index (χ3n) is 3.84. The molecule has 2 N–H and O–H groups in total. The number of amides is 1. The Bertz CT molecular complexity index is 625. The molecule has 1 unspecified atom stereocenters. The van der Waals surface area contributed by atoms with Crippen molar-refractivity contribution in [3.05, 3.63) is 29.3 Å². The van der Waals surface area contributed by atoms with Crippen molar-refractivity contribution < 1.29 is 13.2 Å². The molecule has 1 heterocycles. The monoisotopic (exact) mass is 296 g/mol. The van der Waals surface area contributed by atoms with Gasteiger partial charge in [-0.25, -0.2) is 13.6 Å². The average molecular weight is 296 g/mol. The number of nitrogens with zero attached hydrogens (tertiary/aromatic N) is 1. The maximum Gasteiger partial charge on any atom is 0.254 e. The van der Waals surface area contributed by atoms with Gasteiger partial charge in [0, 0.05) is 18.2 Å². The highest BCUT2D eigenvalue weighted by Gasteiger charge is 2.27. The van der Waals surface area contributed by atoms with E-state index in [-0.39, 0.29) is 16.8 Å². The fourth-order valence-corrected chi connectivity index (χ4v) is 3.17. The number of primary sulfonamides is 1. The van der Waals surface area contributed by atoms with Crippen LogP contribution in [0.2, 0.25) is 0 Å². The summed E-state index contributed by atoms with van der Waals surface area (Å²) in [5.74, 6) is -0.0997. The summed E-state index contributed by atoms with van der Waals surface area (Å²) >= 11 is 0. The number of hydrogen-bond acceptors (Lipinski definition) is 3. The van der Waals surface area contributed by atoms with Crippen molar-refractivity contribution in [3.63, 3.8) is 0 Å². The highest BCUT2D eigenvalue weighted by molar-refractivity contribution is 7.89. The molecule has 0 aliphatic carbocycles. The first-order chi connectivity index (χ1) is 9.34. The first-order valence-corrected chi connectivity index (χ1v) is 8.36. The molecule has 2 rings (SSSR count). The lowest BCUT2D eigenvalue weighted by atomic mass is 10.0. The first kappa shape index (κ1) is 15.0. The van der Waals surface area contributed by atoms with Crippen molar-refractivity contribution in [3.8, 4) is 0 Å². The van der Waals surface area contributed by atoms with Crippen LogP contribution in [0.5, 0.6) is 0 Å². The summed E-state index contributed by atoms with van der Waals surface area (Å²) in [6.07, 6.45) is 2.65. The number of hydrogen-bond donors (Lipinski definition) is 1. The highest BCUT2D eigenvalue weighted by Crippen LogP contribution is 2.23. The Morgan fingerprint density at radius 3 is 2.65 bits per heavy atom. The Hall–Kier alpha value is -1.40. The van der Waals surface area contributed by atoms with Gasteiger partial charge >= 0.3 is 0 Å². The van der Waals surface area contributed by atoms with E-state index in [9.17, 15) is 13.2 Å². The molecule has 110 valence electrons. The van der Waals surface area contributed by atoms with E-state index >= 15 is 0 Å². The van der Waals surface area contributed by atoms with E-state index < -0.39 is 10.0 Å². The summed E-state index contributed by atoms with van der Waals surface area (Å²) in [4.78, 5) is 14.4. The predicted octanol–water partition coefficient (Wildman–Crippen LogP) is 1.52. The van der Waals surface area contributed by atoms with E-state index in [1.54, 1.807) is 11.0 Å². The zero-order chi connectivity index (χ0) is 14.9. The number of aryl methyl sites for hydroxylation is 1. The van der Waals surface area contributed by atoms with Crippen LogP contribution in [-0.2, 0) is 16.4 Å². The van der Waals surface area contributed by atoms with E-state index in [1.807, 2.05) is 13.8 Å². The minimum atomic E-state index is -3.79. The number of carbonyl (C=O) groups is 1. The molecule has 0 bridgehead atoms. The summed E-state index contributed by atoms with van der Waals surface area (Å²) < 4.78 is 22.9. The highest BCUT2D eigenvalue weighted by atomic mass is 32.2. The van der Waals surface area contributed by atoms with Gasteiger partial charge in [-0.3, -0.25) is 4.79 Å². The fourth-order valence-electron chi connectivity index (χ4n) is 2.63. The molecule has 1 atom stereocenters. The van der Waals surface area contributed by atoms with Crippen LogP contribution in [0.3, 0.4) is 0 Å². The maximum atomic E-state index is 12.6. The van der Waals surface area contributed by atoms with Crippen molar-refractivity contribution in [2.24, 2.45) is 5.14 Å². The standard InChI is InChI=1S/C14H20N2O3S/c1-3-11-6-7-12(20(15,18)19)9-13(11)14(17)16-8-4-5-10(16)2/h6-7,9-10H,3-5,8H2,1-2H3,(H2,15,18,19). The Labute approximate surface area is 119 Å². The Morgan fingerprint density at radius 1 is 1.45 bits per heavy atom. The molecule has 0 saturated carbocycles. The second kappa shape index (κ2) is 5.54. The van der Waals surface area contributed by atoms with Gasteiger partial charge in [0.15, 0.2) is 0 Å². The van der Waals surface area contributed by atoms with Crippen molar-refractivity contribution in [2.75, 3.05) is 6.54 Å². The van der Waals surface area contributed by atoms with E-state index in [4.69, 9.17) is 5.14 Å². The SMILES string of the molecule is CCc1ccc(S(N)(=O)=O)cc1C(=O)N1CCCC1C. The summed E-state index contributed by atoms with van der Waals surface area (Å²) in [5.41, 5.74) is 1.30. The number of nitrogens with two attached hydrogens (primary N) is 1. The van der Waals surface area contributed by atoms with Gasteiger partial charge in [-0.15, -0.1) is 0 Å². The van der Waals surface area contributed by atoms with Crippen LogP contribution in [0.15, 0.2) is 23.1 Å². The van der Waals surface area contributed by atoms with Crippen LogP contribution in [0.25, 0.3) is 0 Å². The molecular weight excluding hydrogens is 276 g/mol. The molecule has 6 heteroatoms. The van der Waals surface area contributed by atoms with E-state index in [0.717, 1.165) is 24.9 Å². The molecule has 1 saturated heterocycles. The van der Waals surface area contributed by atoms with Gasteiger partial charge in [0.2, 0.25) is 10.0 Å². The minimum absolute atomic E-state index is 0.00935. The molecule has 1 aliphatic rings. The molecular formula is C14H20N2O3S. The van der Waals surface area contributed by atoms with Crippen molar-refractivity contribution >= 4 is 15.9 Å². The van der Waals surface area contributed by atoms with Crippen LogP contribution >= 0.6 is 0 Å². The third kappa shape index (κ3) is 2.86. The Balaban J connectivity index is 2.45. The Kier molecular flexibility index (Phi) is 4.15. The number of carbonyl (C=O) groups excluding carboxylic acids is 1. The van der Waals surface area contributed by atoms with Crippen molar-refractivity contribution in [1.29, 1.82) is 0 Å². The average Bonchev–Trinajstić information content (AvgIpc) is 2.82. The molecule has 1 aromatic rings. The number of benzene rings is 1. The van der Waals surface area contributed by atoms with Gasteiger partial charge in [-0.1, -0.05) is 13.0 Å². The normalized spacial score (nSPS) is 19.4. The van der Waals surface area contributed by atoms with Crippen LogP contribution in [0, 0.1) is 0 Å². The number of sulfonamides is 1. The van der Waals surface area contributed by atoms with Crippen molar-refractivity contribution in [1.82, 2.24) is 4.90 Å². The number of rotatable bonds is 3.